The van der Waals surface area contributed by atoms with Gasteiger partial charge in [0.1, 0.15) is 0 Å². The first-order chi connectivity index (χ1) is 5.98. The molecule has 1 N–H and O–H groups in total. The van der Waals surface area contributed by atoms with E-state index in [1.165, 1.54) is 6.92 Å². The smallest absolute Gasteiger partial charge is 0.335 e. The summed E-state index contributed by atoms with van der Waals surface area (Å²) in [6.45, 7) is 1.52. The number of hydrogen-bond donors (Lipinski definition) is 1. The normalized spacial score (nSPS) is 15.1. The van der Waals surface area contributed by atoms with Crippen LogP contribution in [-0.2, 0) is 4.79 Å². The molecule has 0 saturated heterocycles. The molecule has 0 aromatic rings. The number of carboxylic acids is 1. The Morgan fingerprint density at radius 2 is 1.57 bits per heavy atom. The Kier molecular flexibility index (Phi) is 5.80. The minimum Gasteiger partial charge on any atom is -0.478 e. The van der Waals surface area contributed by atoms with Crippen LogP contribution in [-0.4, -0.2) is 17.0 Å². The van der Waals surface area contributed by atoms with Crippen molar-refractivity contribution in [2.75, 3.05) is 0 Å². The van der Waals surface area contributed by atoms with Crippen molar-refractivity contribution < 1.29 is 9.90 Å². The molecule has 0 spiro atoms. The first-order valence-corrected chi connectivity index (χ1v) is 6.57. The third kappa shape index (κ3) is 4.58. The molecule has 0 rings (SSSR count). The maximum absolute atomic E-state index is 10.9. The lowest BCUT2D eigenvalue weighted by atomic mass is 10.2. The van der Waals surface area contributed by atoms with Gasteiger partial charge in [-0.25, -0.2) is 4.79 Å². The van der Waals surface area contributed by atoms with Crippen LogP contribution in [0.15, 0.2) is 11.1 Å². The minimum absolute atomic E-state index is 0.310. The van der Waals surface area contributed by atoms with Gasteiger partial charge in [-0.15, -0.1) is 0 Å². The van der Waals surface area contributed by atoms with Crippen LogP contribution in [0.3, 0.4) is 0 Å². The highest BCUT2D eigenvalue weighted by Crippen LogP contribution is 2.47. The zero-order chi connectivity index (χ0) is 11.7. The van der Waals surface area contributed by atoms with Crippen molar-refractivity contribution in [1.82, 2.24) is 0 Å². The van der Waals surface area contributed by atoms with E-state index in [1.807, 2.05) is 0 Å². The molecule has 0 atom stereocenters. The van der Waals surface area contributed by atoms with Crippen LogP contribution in [0.1, 0.15) is 6.92 Å². The van der Waals surface area contributed by atoms with E-state index in [0.717, 1.165) is 0 Å². The van der Waals surface area contributed by atoms with Gasteiger partial charge in [-0.2, -0.15) is 0 Å². The topological polar surface area (TPSA) is 37.3 Å². The van der Waals surface area contributed by atoms with E-state index >= 15 is 0 Å². The molecular weight excluding hydrogens is 450 g/mol. The van der Waals surface area contributed by atoms with E-state index < -0.39 is 11.9 Å². The number of aliphatic carboxylic acids is 1. The number of alkyl halides is 6. The number of carbonyl (C=O) groups is 1. The van der Waals surface area contributed by atoms with Crippen LogP contribution in [0.4, 0.5) is 0 Å². The van der Waals surface area contributed by atoms with Crippen LogP contribution >= 0.6 is 82.6 Å². The molecule has 8 heteroatoms. The van der Waals surface area contributed by atoms with Crippen LogP contribution in [0.25, 0.3) is 0 Å². The molecule has 0 aliphatic heterocycles. The molecule has 0 aliphatic carbocycles. The number of allylic oxidation sites excluding steroid dienone is 1. The molecular formula is C6H4Br3Cl3O2. The second kappa shape index (κ2) is 5.23. The fraction of sp³-hybridized carbons (Fsp3) is 0.500. The van der Waals surface area contributed by atoms with E-state index in [0.29, 0.717) is 5.57 Å². The van der Waals surface area contributed by atoms with E-state index in [-0.39, 0.29) is 5.57 Å². The molecule has 0 fully saturated rings. The third-order valence-electron chi connectivity index (χ3n) is 1.30. The average Bonchev–Trinajstić information content (AvgIpc) is 1.79. The van der Waals surface area contributed by atoms with Crippen molar-refractivity contribution in [3.8, 4) is 0 Å². The van der Waals surface area contributed by atoms with E-state index in [4.69, 9.17) is 39.9 Å². The highest BCUT2D eigenvalue weighted by atomic mass is 80.0. The largest absolute Gasteiger partial charge is 0.478 e. The molecule has 0 aliphatic rings. The number of halogens is 6. The summed E-state index contributed by atoms with van der Waals surface area (Å²) in [6, 6.07) is 0. The van der Waals surface area contributed by atoms with E-state index in [1.54, 1.807) is 0 Å². The quantitative estimate of drug-likeness (QED) is 0.465. The molecule has 0 heterocycles. The molecule has 0 unspecified atom stereocenters. The summed E-state index contributed by atoms with van der Waals surface area (Å²) in [5, 5.41) is 8.87. The lowest BCUT2D eigenvalue weighted by Crippen LogP contribution is -2.22. The SMILES string of the molecule is CC(=C(C(=O)O)C(Cl)(Cl)Cl)C(Br)(Br)Br. The monoisotopic (exact) mass is 450 g/mol. The van der Waals surface area contributed by atoms with Gasteiger partial charge in [0.25, 0.3) is 0 Å². The number of carboxylic acid groups (broad SMARTS) is 1. The van der Waals surface area contributed by atoms with Crippen LogP contribution in [0.5, 0.6) is 0 Å². The molecule has 82 valence electrons. The van der Waals surface area contributed by atoms with Crippen molar-refractivity contribution >= 4 is 88.6 Å². The summed E-state index contributed by atoms with van der Waals surface area (Å²) in [5.41, 5.74) is -0.00174. The highest BCUT2D eigenvalue weighted by Gasteiger charge is 2.38. The number of rotatable bonds is 1. The standard InChI is InChI=1S/C6H4Br3Cl3O2/c1-2(5(7,8)9)3(4(13)14)6(10,11)12/h1H3,(H,13,14). The Morgan fingerprint density at radius 1 is 1.21 bits per heavy atom. The summed E-state index contributed by atoms with van der Waals surface area (Å²) in [5.74, 6) is -1.29. The Morgan fingerprint density at radius 3 is 1.64 bits per heavy atom. The molecule has 2 nitrogen and oxygen atoms in total. The molecule has 0 radical (unpaired) electrons. The van der Waals surface area contributed by atoms with Crippen molar-refractivity contribution in [2.45, 2.75) is 12.9 Å². The molecule has 0 amide bonds. The van der Waals surface area contributed by atoms with Gasteiger partial charge in [0.05, 0.1) is 5.57 Å². The van der Waals surface area contributed by atoms with Crippen LogP contribution in [0.2, 0.25) is 0 Å². The van der Waals surface area contributed by atoms with Gasteiger partial charge in [-0.05, 0) is 12.5 Å². The van der Waals surface area contributed by atoms with Crippen LogP contribution < -0.4 is 0 Å². The molecule has 0 aromatic heterocycles. The molecule has 0 aromatic carbocycles. The predicted octanol–water partition coefficient (Wildman–Crippen LogP) is 4.60. The van der Waals surface area contributed by atoms with E-state index in [9.17, 15) is 4.79 Å². The van der Waals surface area contributed by atoms with E-state index in [2.05, 4.69) is 47.8 Å². The van der Waals surface area contributed by atoms with Gasteiger partial charge in [-0.3, -0.25) is 0 Å². The zero-order valence-corrected chi connectivity index (χ0v) is 13.6. The van der Waals surface area contributed by atoms with Crippen LogP contribution in [0, 0.1) is 0 Å². The second-order valence-corrected chi connectivity index (χ2v) is 11.3. The summed E-state index contributed by atoms with van der Waals surface area (Å²) in [4.78, 5) is 10.9. The molecule has 14 heavy (non-hydrogen) atoms. The highest BCUT2D eigenvalue weighted by molar-refractivity contribution is 9.39. The third-order valence-corrected chi connectivity index (χ3v) is 3.65. The Bertz CT molecular complexity index is 277. The fourth-order valence-corrected chi connectivity index (χ4v) is 1.90. The van der Waals surface area contributed by atoms with Crippen molar-refractivity contribution in [2.24, 2.45) is 0 Å². The van der Waals surface area contributed by atoms with Crippen molar-refractivity contribution in [1.29, 1.82) is 0 Å². The van der Waals surface area contributed by atoms with Gasteiger partial charge in [0, 0.05) is 0 Å². The summed E-state index contributed by atoms with van der Waals surface area (Å²) < 4.78 is -2.87. The Hall–Kier alpha value is 1.52. The lowest BCUT2D eigenvalue weighted by Gasteiger charge is -2.20. The Labute approximate surface area is 121 Å². The minimum atomic E-state index is -1.98. The molecule has 0 bridgehead atoms. The maximum Gasteiger partial charge on any atom is 0.335 e. The summed E-state index contributed by atoms with van der Waals surface area (Å²) in [7, 11) is 0. The Balaban J connectivity index is 5.53. The van der Waals surface area contributed by atoms with Gasteiger partial charge < -0.3 is 5.11 Å². The van der Waals surface area contributed by atoms with Crippen molar-refractivity contribution in [3.05, 3.63) is 11.1 Å². The lowest BCUT2D eigenvalue weighted by molar-refractivity contribution is -0.132. The van der Waals surface area contributed by atoms with Gasteiger partial charge in [-0.1, -0.05) is 82.6 Å². The maximum atomic E-state index is 10.9. The van der Waals surface area contributed by atoms with Gasteiger partial charge in [0.15, 0.2) is 2.14 Å². The zero-order valence-electron chi connectivity index (χ0n) is 6.62. The summed E-state index contributed by atoms with van der Waals surface area (Å²) >= 11 is 26.0. The number of hydrogen-bond acceptors (Lipinski definition) is 1. The fourth-order valence-electron chi connectivity index (χ4n) is 0.636. The van der Waals surface area contributed by atoms with Gasteiger partial charge in [0.2, 0.25) is 3.79 Å². The first kappa shape index (κ1) is 15.5. The van der Waals surface area contributed by atoms with Gasteiger partial charge >= 0.3 is 5.97 Å². The first-order valence-electron chi connectivity index (χ1n) is 3.06. The summed E-state index contributed by atoms with van der Waals surface area (Å²) in [6.07, 6.45) is 0. The second-order valence-electron chi connectivity index (χ2n) is 2.30. The average molecular weight is 454 g/mol. The predicted molar refractivity (Wildman–Crippen MR) is 70.1 cm³/mol. The molecule has 0 saturated carbocycles. The van der Waals surface area contributed by atoms with Crippen molar-refractivity contribution in [3.63, 3.8) is 0 Å².